The number of hydrogen-bond acceptors (Lipinski definition) is 5. The van der Waals surface area contributed by atoms with E-state index in [-0.39, 0.29) is 18.3 Å². The number of aromatic nitrogens is 2. The van der Waals surface area contributed by atoms with Crippen LogP contribution in [0, 0.1) is 0 Å². The number of amides is 1. The number of alkyl halides is 3. The van der Waals surface area contributed by atoms with E-state index in [1.807, 2.05) is 0 Å². The summed E-state index contributed by atoms with van der Waals surface area (Å²) in [6, 6.07) is 9.97. The predicted molar refractivity (Wildman–Crippen MR) is 89.9 cm³/mol. The molecule has 136 valence electrons. The van der Waals surface area contributed by atoms with E-state index in [1.54, 1.807) is 43.4 Å². The fourth-order valence-electron chi connectivity index (χ4n) is 2.17. The molecule has 2 heterocycles. The lowest BCUT2D eigenvalue weighted by Gasteiger charge is -2.16. The Morgan fingerprint density at radius 1 is 1.27 bits per heavy atom. The molecule has 1 amide bonds. The van der Waals surface area contributed by atoms with Crippen LogP contribution >= 0.6 is 22.9 Å². The zero-order valence-corrected chi connectivity index (χ0v) is 14.8. The van der Waals surface area contributed by atoms with Gasteiger partial charge in [-0.05, 0) is 24.3 Å². The monoisotopic (exact) mass is 401 g/mol. The molecule has 0 unspecified atom stereocenters. The van der Waals surface area contributed by atoms with Crippen LogP contribution in [0.25, 0.3) is 10.7 Å². The van der Waals surface area contributed by atoms with Gasteiger partial charge < -0.3 is 9.42 Å². The lowest BCUT2D eigenvalue weighted by atomic mass is 10.2. The summed E-state index contributed by atoms with van der Waals surface area (Å²) >= 11 is 7.20. The van der Waals surface area contributed by atoms with E-state index in [4.69, 9.17) is 11.6 Å². The number of thiophene rings is 1. The van der Waals surface area contributed by atoms with Crippen LogP contribution in [-0.4, -0.2) is 28.0 Å². The quantitative estimate of drug-likeness (QED) is 0.633. The van der Waals surface area contributed by atoms with Gasteiger partial charge in [0.05, 0.1) is 22.0 Å². The Hall–Kier alpha value is -2.39. The number of carbonyl (C=O) groups excluding carboxylic acids is 1. The molecule has 0 aliphatic carbocycles. The normalized spacial score (nSPS) is 11.6. The third-order valence-corrected chi connectivity index (χ3v) is 4.79. The van der Waals surface area contributed by atoms with Gasteiger partial charge in [0.25, 0.3) is 5.91 Å². The van der Waals surface area contributed by atoms with Crippen LogP contribution in [0.4, 0.5) is 13.2 Å². The first-order valence-corrected chi connectivity index (χ1v) is 8.45. The molecule has 3 aromatic rings. The lowest BCUT2D eigenvalue weighted by Crippen LogP contribution is -2.26. The number of hydrogen-bond donors (Lipinski definition) is 0. The van der Waals surface area contributed by atoms with Crippen molar-refractivity contribution in [2.24, 2.45) is 0 Å². The van der Waals surface area contributed by atoms with Crippen molar-refractivity contribution in [2.75, 3.05) is 7.05 Å². The minimum absolute atomic E-state index is 0.145. The maximum Gasteiger partial charge on any atom is 0.471 e. The molecule has 26 heavy (non-hydrogen) atoms. The third-order valence-electron chi connectivity index (χ3n) is 3.39. The molecule has 0 spiro atoms. The van der Waals surface area contributed by atoms with Crippen molar-refractivity contribution in [1.29, 1.82) is 0 Å². The lowest BCUT2D eigenvalue weighted by molar-refractivity contribution is -0.159. The number of rotatable bonds is 4. The number of halogens is 4. The molecule has 0 atom stereocenters. The summed E-state index contributed by atoms with van der Waals surface area (Å²) < 4.78 is 41.8. The summed E-state index contributed by atoms with van der Waals surface area (Å²) in [6.07, 6.45) is -4.69. The van der Waals surface area contributed by atoms with Crippen LogP contribution in [0.15, 0.2) is 40.9 Å². The zero-order chi connectivity index (χ0) is 18.9. The Morgan fingerprint density at radius 2 is 2.00 bits per heavy atom. The smallest absolute Gasteiger partial charge is 0.337 e. The molecular formula is C16H11ClF3N3O2S. The molecule has 1 aromatic carbocycles. The van der Waals surface area contributed by atoms with Crippen LogP contribution in [0.5, 0.6) is 0 Å². The summed E-state index contributed by atoms with van der Waals surface area (Å²) in [7, 11) is 1.61. The van der Waals surface area contributed by atoms with Crippen LogP contribution < -0.4 is 0 Å². The van der Waals surface area contributed by atoms with Gasteiger partial charge in [-0.25, -0.2) is 0 Å². The molecule has 0 aliphatic rings. The molecule has 5 nitrogen and oxygen atoms in total. The van der Waals surface area contributed by atoms with Crippen molar-refractivity contribution in [3.05, 3.63) is 57.8 Å². The summed E-state index contributed by atoms with van der Waals surface area (Å²) in [6.45, 7) is 0.263. The summed E-state index contributed by atoms with van der Waals surface area (Å²) in [5.74, 6) is -1.80. The maximum absolute atomic E-state index is 12.5. The average Bonchev–Trinajstić information content (AvgIpc) is 3.23. The maximum atomic E-state index is 12.5. The fraction of sp³-hybridized carbons (Fsp3) is 0.188. The second-order valence-corrected chi connectivity index (χ2v) is 6.90. The van der Waals surface area contributed by atoms with Gasteiger partial charge in [0, 0.05) is 11.9 Å². The van der Waals surface area contributed by atoms with E-state index in [0.717, 1.165) is 4.88 Å². The highest BCUT2D eigenvalue weighted by Crippen LogP contribution is 2.32. The molecule has 3 rings (SSSR count). The zero-order valence-electron chi connectivity index (χ0n) is 13.2. The standard InChI is InChI=1S/C16H11ClF3N3O2S/c1-23(14(24)10-4-2-3-5-11(10)17)8-9-6-7-12(26-9)13-21-15(25-22-13)16(18,19)20/h2-7H,8H2,1H3. The molecule has 0 bridgehead atoms. The highest BCUT2D eigenvalue weighted by Gasteiger charge is 2.38. The van der Waals surface area contributed by atoms with Gasteiger partial charge in [0.2, 0.25) is 5.82 Å². The van der Waals surface area contributed by atoms with Crippen molar-refractivity contribution >= 4 is 28.8 Å². The number of benzene rings is 1. The van der Waals surface area contributed by atoms with Crippen molar-refractivity contribution in [3.8, 4) is 10.7 Å². The highest BCUT2D eigenvalue weighted by atomic mass is 35.5. The number of carbonyl (C=O) groups is 1. The first-order valence-electron chi connectivity index (χ1n) is 7.25. The Kier molecular flexibility index (Phi) is 5.01. The SMILES string of the molecule is CN(Cc1ccc(-c2noc(C(F)(F)F)n2)s1)C(=O)c1ccccc1Cl. The summed E-state index contributed by atoms with van der Waals surface area (Å²) in [5.41, 5.74) is 0.376. The molecule has 10 heteroatoms. The Balaban J connectivity index is 1.73. The van der Waals surface area contributed by atoms with Crippen LogP contribution in [0.1, 0.15) is 21.1 Å². The predicted octanol–water partition coefficient (Wildman–Crippen LogP) is 4.74. The molecule has 0 radical (unpaired) electrons. The molecule has 0 N–H and O–H groups in total. The van der Waals surface area contributed by atoms with E-state index in [0.29, 0.717) is 15.5 Å². The van der Waals surface area contributed by atoms with Crippen molar-refractivity contribution in [1.82, 2.24) is 15.0 Å². The molecular weight excluding hydrogens is 391 g/mol. The second kappa shape index (κ2) is 7.08. The van der Waals surface area contributed by atoms with Gasteiger partial charge in [0.15, 0.2) is 0 Å². The summed E-state index contributed by atoms with van der Waals surface area (Å²) in [4.78, 5) is 18.4. The number of nitrogens with zero attached hydrogens (tertiary/aromatic N) is 3. The van der Waals surface area contributed by atoms with Gasteiger partial charge in [-0.15, -0.1) is 11.3 Å². The molecule has 0 aliphatic heterocycles. The van der Waals surface area contributed by atoms with Gasteiger partial charge >= 0.3 is 12.1 Å². The minimum Gasteiger partial charge on any atom is -0.337 e. The van der Waals surface area contributed by atoms with E-state index in [9.17, 15) is 18.0 Å². The summed E-state index contributed by atoms with van der Waals surface area (Å²) in [5, 5.41) is 3.70. The molecule has 0 saturated carbocycles. The minimum atomic E-state index is -4.69. The van der Waals surface area contributed by atoms with Crippen molar-refractivity contribution in [3.63, 3.8) is 0 Å². The van der Waals surface area contributed by atoms with Crippen LogP contribution in [-0.2, 0) is 12.7 Å². The second-order valence-electron chi connectivity index (χ2n) is 5.33. The van der Waals surface area contributed by atoms with Crippen LogP contribution in [0.2, 0.25) is 5.02 Å². The van der Waals surface area contributed by atoms with Crippen molar-refractivity contribution < 1.29 is 22.5 Å². The van der Waals surface area contributed by atoms with Crippen molar-refractivity contribution in [2.45, 2.75) is 12.7 Å². The van der Waals surface area contributed by atoms with Gasteiger partial charge in [-0.2, -0.15) is 18.2 Å². The van der Waals surface area contributed by atoms with Crippen LogP contribution in [0.3, 0.4) is 0 Å². The first-order chi connectivity index (χ1) is 12.3. The Morgan fingerprint density at radius 3 is 2.65 bits per heavy atom. The van der Waals surface area contributed by atoms with E-state index in [1.165, 1.54) is 16.2 Å². The average molecular weight is 402 g/mol. The van der Waals surface area contributed by atoms with E-state index < -0.39 is 12.1 Å². The van der Waals surface area contributed by atoms with E-state index >= 15 is 0 Å². The topological polar surface area (TPSA) is 59.2 Å². The van der Waals surface area contributed by atoms with Gasteiger partial charge in [0.1, 0.15) is 0 Å². The molecule has 2 aromatic heterocycles. The van der Waals surface area contributed by atoms with E-state index in [2.05, 4.69) is 14.7 Å². The molecule has 0 saturated heterocycles. The third kappa shape index (κ3) is 3.88. The largest absolute Gasteiger partial charge is 0.471 e. The fourth-order valence-corrected chi connectivity index (χ4v) is 3.37. The highest BCUT2D eigenvalue weighted by molar-refractivity contribution is 7.15. The first kappa shape index (κ1) is 18.4. The Labute approximate surface area is 155 Å². The molecule has 0 fully saturated rings. The Bertz CT molecular complexity index is 939. The van der Waals surface area contributed by atoms with Gasteiger partial charge in [-0.3, -0.25) is 4.79 Å². The van der Waals surface area contributed by atoms with Gasteiger partial charge in [-0.1, -0.05) is 28.9 Å².